The van der Waals surface area contributed by atoms with Crippen molar-refractivity contribution >= 4 is 40.7 Å². The summed E-state index contributed by atoms with van der Waals surface area (Å²) in [5.41, 5.74) is 3.03. The molecule has 7 heteroatoms. The normalized spacial score (nSPS) is 13.9. The van der Waals surface area contributed by atoms with E-state index < -0.39 is 11.8 Å². The molecule has 2 aromatic rings. The number of nitrogens with one attached hydrogen (secondary N) is 2. The number of carbonyl (C=O) groups excluding carboxylic acids is 3. The SMILES string of the molecule is Cc1ccc(NC(=O)C(=O)NCc2ccc(Cl)cc2)cc1N1CCCCC1=O. The second-order valence-corrected chi connectivity index (χ2v) is 7.20. The first-order valence-corrected chi connectivity index (χ1v) is 9.56. The summed E-state index contributed by atoms with van der Waals surface area (Å²) in [6.45, 7) is 2.81. The first-order chi connectivity index (χ1) is 13.4. The van der Waals surface area contributed by atoms with Crippen molar-refractivity contribution in [2.24, 2.45) is 0 Å². The molecule has 3 rings (SSSR count). The third-order valence-corrected chi connectivity index (χ3v) is 4.91. The van der Waals surface area contributed by atoms with Crippen molar-refractivity contribution in [2.75, 3.05) is 16.8 Å². The largest absolute Gasteiger partial charge is 0.344 e. The van der Waals surface area contributed by atoms with Crippen LogP contribution in [0.2, 0.25) is 5.02 Å². The van der Waals surface area contributed by atoms with Crippen LogP contribution in [0.25, 0.3) is 0 Å². The topological polar surface area (TPSA) is 78.5 Å². The minimum absolute atomic E-state index is 0.0820. The average Bonchev–Trinajstić information content (AvgIpc) is 2.69. The van der Waals surface area contributed by atoms with Gasteiger partial charge in [0.2, 0.25) is 5.91 Å². The number of benzene rings is 2. The molecule has 0 spiro atoms. The first-order valence-electron chi connectivity index (χ1n) is 9.18. The molecule has 2 aromatic carbocycles. The quantitative estimate of drug-likeness (QED) is 0.773. The van der Waals surface area contributed by atoms with E-state index in [9.17, 15) is 14.4 Å². The minimum Gasteiger partial charge on any atom is -0.344 e. The molecule has 146 valence electrons. The molecule has 3 amide bonds. The summed E-state index contributed by atoms with van der Waals surface area (Å²) in [6.07, 6.45) is 2.39. The van der Waals surface area contributed by atoms with Crippen LogP contribution >= 0.6 is 11.6 Å². The predicted octanol–water partition coefficient (Wildman–Crippen LogP) is 3.42. The number of nitrogens with zero attached hydrogens (tertiary/aromatic N) is 1. The molecule has 0 atom stereocenters. The Bertz CT molecular complexity index is 896. The van der Waals surface area contributed by atoms with E-state index >= 15 is 0 Å². The van der Waals surface area contributed by atoms with Gasteiger partial charge in [-0.05, 0) is 55.2 Å². The minimum atomic E-state index is -0.756. The zero-order valence-corrected chi connectivity index (χ0v) is 16.4. The zero-order valence-electron chi connectivity index (χ0n) is 15.6. The van der Waals surface area contributed by atoms with Gasteiger partial charge in [0.15, 0.2) is 0 Å². The Morgan fingerprint density at radius 3 is 2.54 bits per heavy atom. The molecule has 1 saturated heterocycles. The van der Waals surface area contributed by atoms with Gasteiger partial charge >= 0.3 is 11.8 Å². The van der Waals surface area contributed by atoms with Gasteiger partial charge in [-0.2, -0.15) is 0 Å². The average molecular weight is 400 g/mol. The second kappa shape index (κ2) is 8.89. The third-order valence-electron chi connectivity index (χ3n) is 4.65. The lowest BCUT2D eigenvalue weighted by Gasteiger charge is -2.28. The fourth-order valence-electron chi connectivity index (χ4n) is 3.09. The van der Waals surface area contributed by atoms with E-state index in [2.05, 4.69) is 10.6 Å². The van der Waals surface area contributed by atoms with Gasteiger partial charge in [0.25, 0.3) is 0 Å². The maximum Gasteiger partial charge on any atom is 0.313 e. The van der Waals surface area contributed by atoms with Gasteiger partial charge in [-0.25, -0.2) is 0 Å². The molecule has 1 fully saturated rings. The van der Waals surface area contributed by atoms with Crippen molar-refractivity contribution in [2.45, 2.75) is 32.7 Å². The van der Waals surface area contributed by atoms with Crippen LogP contribution in [0.5, 0.6) is 0 Å². The van der Waals surface area contributed by atoms with E-state index in [1.807, 2.05) is 13.0 Å². The number of amides is 3. The molecule has 1 aliphatic heterocycles. The Balaban J connectivity index is 1.63. The Labute approximate surface area is 168 Å². The molecule has 2 N–H and O–H groups in total. The molecule has 0 bridgehead atoms. The Morgan fingerprint density at radius 2 is 1.82 bits per heavy atom. The van der Waals surface area contributed by atoms with Gasteiger partial charge in [-0.15, -0.1) is 0 Å². The monoisotopic (exact) mass is 399 g/mol. The van der Waals surface area contributed by atoms with Crippen LogP contribution < -0.4 is 15.5 Å². The van der Waals surface area contributed by atoms with Crippen LogP contribution in [0.3, 0.4) is 0 Å². The van der Waals surface area contributed by atoms with Crippen molar-refractivity contribution in [3.05, 3.63) is 58.6 Å². The highest BCUT2D eigenvalue weighted by Gasteiger charge is 2.22. The molecular weight excluding hydrogens is 378 g/mol. The van der Waals surface area contributed by atoms with Gasteiger partial charge in [0, 0.05) is 35.9 Å². The van der Waals surface area contributed by atoms with Gasteiger partial charge in [-0.3, -0.25) is 14.4 Å². The van der Waals surface area contributed by atoms with Crippen LogP contribution in [-0.2, 0) is 20.9 Å². The second-order valence-electron chi connectivity index (χ2n) is 6.77. The van der Waals surface area contributed by atoms with Crippen molar-refractivity contribution in [3.8, 4) is 0 Å². The van der Waals surface area contributed by atoms with Crippen molar-refractivity contribution in [1.29, 1.82) is 0 Å². The molecular formula is C21H22ClN3O3. The lowest BCUT2D eigenvalue weighted by molar-refractivity contribution is -0.136. The lowest BCUT2D eigenvalue weighted by atomic mass is 10.1. The number of carbonyl (C=O) groups is 3. The van der Waals surface area contributed by atoms with Crippen molar-refractivity contribution in [3.63, 3.8) is 0 Å². The Morgan fingerprint density at radius 1 is 1.07 bits per heavy atom. The van der Waals surface area contributed by atoms with Gasteiger partial charge < -0.3 is 15.5 Å². The maximum absolute atomic E-state index is 12.2. The smallest absolute Gasteiger partial charge is 0.313 e. The van der Waals surface area contributed by atoms with Crippen LogP contribution in [0.4, 0.5) is 11.4 Å². The van der Waals surface area contributed by atoms with Crippen LogP contribution in [-0.4, -0.2) is 24.3 Å². The van der Waals surface area contributed by atoms with Crippen molar-refractivity contribution < 1.29 is 14.4 Å². The van der Waals surface area contributed by atoms with Crippen LogP contribution in [0.15, 0.2) is 42.5 Å². The fraction of sp³-hybridized carbons (Fsp3) is 0.286. The number of anilines is 2. The predicted molar refractivity (Wildman–Crippen MR) is 109 cm³/mol. The number of rotatable bonds is 4. The summed E-state index contributed by atoms with van der Waals surface area (Å²) in [5, 5.41) is 5.78. The number of aryl methyl sites for hydroxylation is 1. The molecule has 1 heterocycles. The third kappa shape index (κ3) is 4.89. The number of hydrogen-bond donors (Lipinski definition) is 2. The van der Waals surface area contributed by atoms with Crippen molar-refractivity contribution in [1.82, 2.24) is 5.32 Å². The fourth-order valence-corrected chi connectivity index (χ4v) is 3.22. The van der Waals surface area contributed by atoms with Crippen LogP contribution in [0, 0.1) is 6.92 Å². The summed E-state index contributed by atoms with van der Waals surface area (Å²) in [5.74, 6) is -1.40. The summed E-state index contributed by atoms with van der Waals surface area (Å²) in [7, 11) is 0. The highest BCUT2D eigenvalue weighted by atomic mass is 35.5. The molecule has 0 aromatic heterocycles. The van der Waals surface area contributed by atoms with Crippen LogP contribution in [0.1, 0.15) is 30.4 Å². The highest BCUT2D eigenvalue weighted by molar-refractivity contribution is 6.39. The van der Waals surface area contributed by atoms with E-state index in [-0.39, 0.29) is 12.5 Å². The van der Waals surface area contributed by atoms with Gasteiger partial charge in [0.1, 0.15) is 0 Å². The first kappa shape index (κ1) is 19.9. The Kier molecular flexibility index (Phi) is 6.31. The summed E-state index contributed by atoms with van der Waals surface area (Å²) < 4.78 is 0. The number of halogens is 1. The molecule has 0 aliphatic carbocycles. The van der Waals surface area contributed by atoms with E-state index in [0.29, 0.717) is 23.7 Å². The molecule has 28 heavy (non-hydrogen) atoms. The van der Waals surface area contributed by atoms with Gasteiger partial charge in [-0.1, -0.05) is 29.8 Å². The summed E-state index contributed by atoms with van der Waals surface area (Å²) in [6, 6.07) is 12.3. The lowest BCUT2D eigenvalue weighted by Crippen LogP contribution is -2.36. The maximum atomic E-state index is 12.2. The number of piperidine rings is 1. The zero-order chi connectivity index (χ0) is 20.1. The van der Waals surface area contributed by atoms with Gasteiger partial charge in [0.05, 0.1) is 0 Å². The van der Waals surface area contributed by atoms with E-state index in [1.165, 1.54) is 0 Å². The molecule has 0 saturated carbocycles. The molecule has 0 radical (unpaired) electrons. The summed E-state index contributed by atoms with van der Waals surface area (Å²) >= 11 is 5.83. The van der Waals surface area contributed by atoms with E-state index in [1.54, 1.807) is 41.3 Å². The Hall–Kier alpha value is -2.86. The van der Waals surface area contributed by atoms with E-state index in [0.717, 1.165) is 29.7 Å². The van der Waals surface area contributed by atoms with E-state index in [4.69, 9.17) is 11.6 Å². The molecule has 6 nitrogen and oxygen atoms in total. The molecule has 1 aliphatic rings. The standard InChI is InChI=1S/C21H22ClN3O3/c1-14-5-10-17(12-18(14)25-11-3-2-4-19(25)26)24-21(28)20(27)23-13-15-6-8-16(22)9-7-15/h5-10,12H,2-4,11,13H2,1H3,(H,23,27)(H,24,28). The summed E-state index contributed by atoms with van der Waals surface area (Å²) in [4.78, 5) is 38.2. The highest BCUT2D eigenvalue weighted by Crippen LogP contribution is 2.27. The number of hydrogen-bond acceptors (Lipinski definition) is 3. The molecule has 0 unspecified atom stereocenters.